The van der Waals surface area contributed by atoms with Crippen molar-refractivity contribution in [2.45, 2.75) is 26.4 Å². The van der Waals surface area contributed by atoms with E-state index < -0.39 is 11.7 Å². The third-order valence-electron chi connectivity index (χ3n) is 2.07. The molecule has 0 saturated carbocycles. The largest absolute Gasteiger partial charge is 0.418 e. The Bertz CT molecular complexity index is 342. The van der Waals surface area contributed by atoms with Crippen LogP contribution in [0.4, 0.5) is 18.9 Å². The number of halogens is 3. The van der Waals surface area contributed by atoms with Gasteiger partial charge in [0, 0.05) is 5.69 Å². The maximum Gasteiger partial charge on any atom is 0.418 e. The summed E-state index contributed by atoms with van der Waals surface area (Å²) in [7, 11) is 0. The number of rotatable bonds is 2. The summed E-state index contributed by atoms with van der Waals surface area (Å²) in [5.41, 5.74) is 5.26. The van der Waals surface area contributed by atoms with E-state index in [-0.39, 0.29) is 5.69 Å². The molecule has 0 aromatic heterocycles. The first-order chi connectivity index (χ1) is 6.80. The van der Waals surface area contributed by atoms with Crippen molar-refractivity contribution in [3.63, 3.8) is 0 Å². The highest BCUT2D eigenvalue weighted by atomic mass is 19.4. The summed E-state index contributed by atoms with van der Waals surface area (Å²) in [6.07, 6.45) is -3.62. The van der Waals surface area contributed by atoms with Gasteiger partial charge in [-0.3, -0.25) is 0 Å². The topological polar surface area (TPSA) is 26.0 Å². The van der Waals surface area contributed by atoms with Crippen LogP contribution in [0, 0.1) is 5.92 Å². The van der Waals surface area contributed by atoms with Gasteiger partial charge in [0.2, 0.25) is 0 Å². The van der Waals surface area contributed by atoms with Crippen molar-refractivity contribution in [1.82, 2.24) is 0 Å². The van der Waals surface area contributed by atoms with E-state index in [0.29, 0.717) is 5.92 Å². The molecule has 0 aliphatic heterocycles. The van der Waals surface area contributed by atoms with Crippen molar-refractivity contribution in [3.8, 4) is 0 Å². The number of anilines is 1. The maximum absolute atomic E-state index is 12.4. The molecule has 15 heavy (non-hydrogen) atoms. The Morgan fingerprint density at radius 1 is 1.27 bits per heavy atom. The molecule has 0 atom stereocenters. The van der Waals surface area contributed by atoms with Crippen LogP contribution < -0.4 is 5.73 Å². The lowest BCUT2D eigenvalue weighted by Crippen LogP contribution is -2.09. The average Bonchev–Trinajstić information content (AvgIpc) is 1.99. The number of hydrogen-bond acceptors (Lipinski definition) is 1. The zero-order valence-electron chi connectivity index (χ0n) is 8.73. The lowest BCUT2D eigenvalue weighted by Gasteiger charge is -2.12. The van der Waals surface area contributed by atoms with Crippen molar-refractivity contribution in [2.75, 3.05) is 5.73 Å². The number of nitrogen functional groups attached to an aromatic ring is 1. The van der Waals surface area contributed by atoms with Gasteiger partial charge in [0.1, 0.15) is 0 Å². The standard InChI is InChI=1S/C11H14F3N/c1-7(2)5-8-3-4-9(10(15)6-8)11(12,13)14/h3-4,6-7H,5,15H2,1-2H3. The van der Waals surface area contributed by atoms with E-state index in [1.807, 2.05) is 13.8 Å². The van der Waals surface area contributed by atoms with E-state index in [2.05, 4.69) is 0 Å². The molecular formula is C11H14F3N. The minimum absolute atomic E-state index is 0.194. The SMILES string of the molecule is CC(C)Cc1ccc(C(F)(F)F)c(N)c1. The molecular weight excluding hydrogens is 203 g/mol. The second-order valence-electron chi connectivity index (χ2n) is 4.02. The molecule has 0 aliphatic carbocycles. The van der Waals surface area contributed by atoms with E-state index in [4.69, 9.17) is 5.73 Å². The summed E-state index contributed by atoms with van der Waals surface area (Å²) >= 11 is 0. The van der Waals surface area contributed by atoms with E-state index >= 15 is 0 Å². The first-order valence-electron chi connectivity index (χ1n) is 4.76. The maximum atomic E-state index is 12.4. The second-order valence-corrected chi connectivity index (χ2v) is 4.02. The minimum atomic E-state index is -4.36. The summed E-state index contributed by atoms with van der Waals surface area (Å²) in [6, 6.07) is 3.94. The Morgan fingerprint density at radius 2 is 1.87 bits per heavy atom. The normalized spacial score (nSPS) is 12.1. The van der Waals surface area contributed by atoms with E-state index in [1.54, 1.807) is 0 Å². The molecule has 0 amide bonds. The molecule has 1 rings (SSSR count). The molecule has 0 radical (unpaired) electrons. The Balaban J connectivity index is 2.99. The fourth-order valence-electron chi connectivity index (χ4n) is 1.47. The Hall–Kier alpha value is -1.19. The van der Waals surface area contributed by atoms with Gasteiger partial charge in [0.15, 0.2) is 0 Å². The molecule has 0 bridgehead atoms. The summed E-state index contributed by atoms with van der Waals surface area (Å²) in [6.45, 7) is 4.02. The minimum Gasteiger partial charge on any atom is -0.398 e. The summed E-state index contributed by atoms with van der Waals surface area (Å²) in [4.78, 5) is 0. The second kappa shape index (κ2) is 4.13. The molecule has 84 valence electrons. The van der Waals surface area contributed by atoms with Crippen molar-refractivity contribution in [1.29, 1.82) is 0 Å². The van der Waals surface area contributed by atoms with Crippen LogP contribution in [0.15, 0.2) is 18.2 Å². The molecule has 0 heterocycles. The molecule has 0 fully saturated rings. The third-order valence-corrected chi connectivity index (χ3v) is 2.07. The van der Waals surface area contributed by atoms with Gasteiger partial charge in [0.05, 0.1) is 5.56 Å². The summed E-state index contributed by atoms with van der Waals surface area (Å²) < 4.78 is 37.1. The highest BCUT2D eigenvalue weighted by molar-refractivity contribution is 5.50. The van der Waals surface area contributed by atoms with Crippen molar-refractivity contribution in [3.05, 3.63) is 29.3 Å². The Morgan fingerprint density at radius 3 is 2.27 bits per heavy atom. The first-order valence-corrected chi connectivity index (χ1v) is 4.76. The predicted octanol–water partition coefficient (Wildman–Crippen LogP) is 3.49. The quantitative estimate of drug-likeness (QED) is 0.754. The molecule has 0 unspecified atom stereocenters. The monoisotopic (exact) mass is 217 g/mol. The number of hydrogen-bond donors (Lipinski definition) is 1. The molecule has 1 aromatic carbocycles. The van der Waals surface area contributed by atoms with Gasteiger partial charge in [-0.1, -0.05) is 19.9 Å². The van der Waals surface area contributed by atoms with E-state index in [1.165, 1.54) is 12.1 Å². The van der Waals surface area contributed by atoms with Gasteiger partial charge >= 0.3 is 6.18 Å². The fraction of sp³-hybridized carbons (Fsp3) is 0.455. The summed E-state index contributed by atoms with van der Waals surface area (Å²) in [5.74, 6) is 0.404. The molecule has 1 nitrogen and oxygen atoms in total. The van der Waals surface area contributed by atoms with Crippen LogP contribution in [0.25, 0.3) is 0 Å². The zero-order chi connectivity index (χ0) is 11.6. The van der Waals surface area contributed by atoms with Gasteiger partial charge in [-0.05, 0) is 30.0 Å². The Labute approximate surface area is 87.1 Å². The number of alkyl halides is 3. The van der Waals surface area contributed by atoms with Crippen LogP contribution >= 0.6 is 0 Å². The van der Waals surface area contributed by atoms with Gasteiger partial charge in [-0.25, -0.2) is 0 Å². The van der Waals surface area contributed by atoms with Crippen LogP contribution in [-0.2, 0) is 12.6 Å². The van der Waals surface area contributed by atoms with Crippen LogP contribution in [0.1, 0.15) is 25.0 Å². The smallest absolute Gasteiger partial charge is 0.398 e. The summed E-state index contributed by atoms with van der Waals surface area (Å²) in [5, 5.41) is 0. The fourth-order valence-corrected chi connectivity index (χ4v) is 1.47. The van der Waals surface area contributed by atoms with Gasteiger partial charge in [0.25, 0.3) is 0 Å². The lowest BCUT2D eigenvalue weighted by atomic mass is 10.0. The van der Waals surface area contributed by atoms with Crippen molar-refractivity contribution >= 4 is 5.69 Å². The zero-order valence-corrected chi connectivity index (χ0v) is 8.73. The molecule has 0 spiro atoms. The van der Waals surface area contributed by atoms with Crippen LogP contribution in [0.5, 0.6) is 0 Å². The molecule has 1 aromatic rings. The van der Waals surface area contributed by atoms with Crippen LogP contribution in [0.2, 0.25) is 0 Å². The van der Waals surface area contributed by atoms with Crippen molar-refractivity contribution < 1.29 is 13.2 Å². The van der Waals surface area contributed by atoms with E-state index in [9.17, 15) is 13.2 Å². The van der Waals surface area contributed by atoms with E-state index in [0.717, 1.165) is 18.1 Å². The molecule has 4 heteroatoms. The molecule has 0 saturated heterocycles. The van der Waals surface area contributed by atoms with Crippen LogP contribution in [0.3, 0.4) is 0 Å². The average molecular weight is 217 g/mol. The molecule has 2 N–H and O–H groups in total. The number of benzene rings is 1. The highest BCUT2D eigenvalue weighted by Gasteiger charge is 2.32. The highest BCUT2D eigenvalue weighted by Crippen LogP contribution is 2.34. The number of nitrogens with two attached hydrogens (primary N) is 1. The first kappa shape index (κ1) is 11.9. The lowest BCUT2D eigenvalue weighted by molar-refractivity contribution is -0.136. The van der Waals surface area contributed by atoms with Crippen LogP contribution in [-0.4, -0.2) is 0 Å². The Kier molecular flexibility index (Phi) is 3.27. The predicted molar refractivity (Wildman–Crippen MR) is 54.4 cm³/mol. The third kappa shape index (κ3) is 3.15. The van der Waals surface area contributed by atoms with Gasteiger partial charge < -0.3 is 5.73 Å². The molecule has 0 aliphatic rings. The van der Waals surface area contributed by atoms with Gasteiger partial charge in [-0.2, -0.15) is 13.2 Å². The van der Waals surface area contributed by atoms with Crippen molar-refractivity contribution in [2.24, 2.45) is 5.92 Å². The van der Waals surface area contributed by atoms with Gasteiger partial charge in [-0.15, -0.1) is 0 Å².